The number of aliphatic hydroxyl groups excluding tert-OH is 1. The molecule has 0 saturated carbocycles. The van der Waals surface area contributed by atoms with Crippen LogP contribution in [0.5, 0.6) is 0 Å². The Kier molecular flexibility index (Phi) is 4.52. The molecule has 0 bridgehead atoms. The topological polar surface area (TPSA) is 122 Å². The molecule has 0 aliphatic heterocycles. The highest BCUT2D eigenvalue weighted by atomic mass is 32.2. The second kappa shape index (κ2) is 5.72. The van der Waals surface area contributed by atoms with Gasteiger partial charge in [0.15, 0.2) is 11.5 Å². The SMILES string of the molecule is CC(=O)/C(N=Nc1ccc(S(N)(=O)=O)cc1)=C(\C)O. The van der Waals surface area contributed by atoms with E-state index < -0.39 is 15.8 Å². The number of rotatable bonds is 4. The van der Waals surface area contributed by atoms with E-state index in [1.54, 1.807) is 0 Å². The summed E-state index contributed by atoms with van der Waals surface area (Å²) in [5, 5.41) is 21.5. The number of allylic oxidation sites excluding steroid dienone is 2. The molecule has 0 amide bonds. The van der Waals surface area contributed by atoms with Gasteiger partial charge in [-0.05, 0) is 31.2 Å². The number of carbonyl (C=O) groups excluding carboxylic acids is 1. The summed E-state index contributed by atoms with van der Waals surface area (Å²) in [6.45, 7) is 2.57. The first-order valence-corrected chi connectivity index (χ1v) is 6.72. The van der Waals surface area contributed by atoms with Gasteiger partial charge in [-0.1, -0.05) is 0 Å². The van der Waals surface area contributed by atoms with Crippen molar-refractivity contribution in [2.45, 2.75) is 18.7 Å². The molecular formula is C11H13N3O4S. The smallest absolute Gasteiger partial charge is 0.238 e. The molecule has 0 aliphatic carbocycles. The lowest BCUT2D eigenvalue weighted by Gasteiger charge is -1.99. The second-order valence-electron chi connectivity index (χ2n) is 3.73. The minimum atomic E-state index is -3.75. The van der Waals surface area contributed by atoms with Crippen LogP contribution in [0.25, 0.3) is 0 Å². The zero-order valence-corrected chi connectivity index (χ0v) is 11.2. The van der Waals surface area contributed by atoms with E-state index in [1.165, 1.54) is 38.1 Å². The van der Waals surface area contributed by atoms with Crippen molar-refractivity contribution in [3.05, 3.63) is 35.7 Å². The lowest BCUT2D eigenvalue weighted by atomic mass is 10.3. The van der Waals surface area contributed by atoms with Gasteiger partial charge in [0.2, 0.25) is 10.0 Å². The van der Waals surface area contributed by atoms with Gasteiger partial charge < -0.3 is 5.11 Å². The molecule has 1 rings (SSSR count). The van der Waals surface area contributed by atoms with Crippen molar-refractivity contribution in [2.75, 3.05) is 0 Å². The maximum absolute atomic E-state index is 11.1. The Morgan fingerprint density at radius 2 is 1.74 bits per heavy atom. The van der Waals surface area contributed by atoms with Crippen molar-refractivity contribution in [1.29, 1.82) is 0 Å². The monoisotopic (exact) mass is 283 g/mol. The van der Waals surface area contributed by atoms with Crippen molar-refractivity contribution in [1.82, 2.24) is 0 Å². The molecule has 0 atom stereocenters. The Labute approximate surface area is 110 Å². The molecule has 0 heterocycles. The molecule has 19 heavy (non-hydrogen) atoms. The molecule has 0 aromatic heterocycles. The number of nitrogens with zero attached hydrogens (tertiary/aromatic N) is 2. The first-order chi connectivity index (χ1) is 8.71. The van der Waals surface area contributed by atoms with E-state index in [0.717, 1.165) is 0 Å². The zero-order chi connectivity index (χ0) is 14.6. The molecule has 1 aromatic rings. The number of azo groups is 1. The Morgan fingerprint density at radius 1 is 1.21 bits per heavy atom. The molecule has 102 valence electrons. The number of primary sulfonamides is 1. The van der Waals surface area contributed by atoms with E-state index in [1.807, 2.05) is 0 Å². The van der Waals surface area contributed by atoms with Crippen molar-refractivity contribution >= 4 is 21.5 Å². The van der Waals surface area contributed by atoms with Crippen LogP contribution in [-0.2, 0) is 14.8 Å². The van der Waals surface area contributed by atoms with Crippen molar-refractivity contribution in [2.24, 2.45) is 15.4 Å². The number of benzene rings is 1. The maximum atomic E-state index is 11.1. The van der Waals surface area contributed by atoms with Gasteiger partial charge >= 0.3 is 0 Å². The fourth-order valence-corrected chi connectivity index (χ4v) is 1.72. The molecule has 0 aliphatic rings. The van der Waals surface area contributed by atoms with Gasteiger partial charge in [0.05, 0.1) is 10.6 Å². The summed E-state index contributed by atoms with van der Waals surface area (Å²) in [4.78, 5) is 11.1. The minimum Gasteiger partial charge on any atom is -0.510 e. The molecular weight excluding hydrogens is 270 g/mol. The van der Waals surface area contributed by atoms with Crippen LogP contribution in [-0.4, -0.2) is 19.3 Å². The van der Waals surface area contributed by atoms with Crippen LogP contribution in [0.1, 0.15) is 13.8 Å². The van der Waals surface area contributed by atoms with Crippen molar-refractivity contribution < 1.29 is 18.3 Å². The summed E-state index contributed by atoms with van der Waals surface area (Å²) in [5.41, 5.74) is 0.169. The number of ketones is 1. The normalized spacial score (nSPS) is 13.4. The number of carbonyl (C=O) groups is 1. The summed E-state index contributed by atoms with van der Waals surface area (Å²) in [5.74, 6) is -0.665. The van der Waals surface area contributed by atoms with Crippen LogP contribution in [0.4, 0.5) is 5.69 Å². The standard InChI is InChI=1S/C11H13N3O4S/c1-7(15)11(8(2)16)14-13-9-3-5-10(6-4-9)19(12,17)18/h3-6,15H,1-2H3,(H2,12,17,18)/b11-7-,14-13?. The van der Waals surface area contributed by atoms with Crippen molar-refractivity contribution in [3.8, 4) is 0 Å². The fourth-order valence-electron chi connectivity index (χ4n) is 1.21. The van der Waals surface area contributed by atoms with E-state index in [9.17, 15) is 18.3 Å². The highest BCUT2D eigenvalue weighted by Crippen LogP contribution is 2.17. The van der Waals surface area contributed by atoms with Crippen LogP contribution >= 0.6 is 0 Å². The molecule has 0 fully saturated rings. The number of nitrogens with two attached hydrogens (primary N) is 1. The number of hydrogen-bond donors (Lipinski definition) is 2. The second-order valence-corrected chi connectivity index (χ2v) is 5.29. The molecule has 3 N–H and O–H groups in total. The molecule has 8 heteroatoms. The van der Waals surface area contributed by atoms with Gasteiger partial charge in [0.25, 0.3) is 0 Å². The summed E-state index contributed by atoms with van der Waals surface area (Å²) in [7, 11) is -3.75. The number of aliphatic hydroxyl groups is 1. The zero-order valence-electron chi connectivity index (χ0n) is 10.4. The first kappa shape index (κ1) is 15.0. The lowest BCUT2D eigenvalue weighted by Crippen LogP contribution is -2.11. The van der Waals surface area contributed by atoms with Crippen LogP contribution in [0.2, 0.25) is 0 Å². The quantitative estimate of drug-likeness (QED) is 0.496. The van der Waals surface area contributed by atoms with E-state index >= 15 is 0 Å². The molecule has 1 aromatic carbocycles. The predicted octanol–water partition coefficient (Wildman–Crippen LogP) is 1.80. The summed E-state index contributed by atoms with van der Waals surface area (Å²) >= 11 is 0. The molecule has 0 unspecified atom stereocenters. The Bertz CT molecular complexity index is 641. The van der Waals surface area contributed by atoms with Crippen molar-refractivity contribution in [3.63, 3.8) is 0 Å². The Hall–Kier alpha value is -2.06. The molecule has 7 nitrogen and oxygen atoms in total. The summed E-state index contributed by atoms with van der Waals surface area (Å²) < 4.78 is 22.1. The van der Waals surface area contributed by atoms with Crippen LogP contribution in [0.3, 0.4) is 0 Å². The molecule has 0 spiro atoms. The first-order valence-electron chi connectivity index (χ1n) is 5.17. The molecule has 0 radical (unpaired) electrons. The van der Waals surface area contributed by atoms with Gasteiger partial charge in [-0.25, -0.2) is 13.6 Å². The highest BCUT2D eigenvalue weighted by Gasteiger charge is 2.08. The fraction of sp³-hybridized carbons (Fsp3) is 0.182. The number of Topliss-reactive ketones (excluding diaryl/α,β-unsaturated/α-hetero) is 1. The molecule has 0 saturated heterocycles. The van der Waals surface area contributed by atoms with E-state index in [-0.39, 0.29) is 16.4 Å². The van der Waals surface area contributed by atoms with Gasteiger partial charge in [-0.3, -0.25) is 4.79 Å². The van der Waals surface area contributed by atoms with Crippen LogP contribution in [0.15, 0.2) is 50.8 Å². The van der Waals surface area contributed by atoms with Gasteiger partial charge in [-0.15, -0.1) is 5.11 Å². The van der Waals surface area contributed by atoms with E-state index in [4.69, 9.17) is 5.14 Å². The van der Waals surface area contributed by atoms with Crippen LogP contribution < -0.4 is 5.14 Å². The number of sulfonamides is 1. The third-order valence-electron chi connectivity index (χ3n) is 2.11. The lowest BCUT2D eigenvalue weighted by molar-refractivity contribution is -0.113. The number of hydrogen-bond acceptors (Lipinski definition) is 6. The van der Waals surface area contributed by atoms with Gasteiger partial charge in [0, 0.05) is 6.92 Å². The van der Waals surface area contributed by atoms with E-state index in [0.29, 0.717) is 5.69 Å². The Morgan fingerprint density at radius 3 is 2.11 bits per heavy atom. The minimum absolute atomic E-state index is 0.0490. The third kappa shape index (κ3) is 4.27. The average molecular weight is 283 g/mol. The van der Waals surface area contributed by atoms with E-state index in [2.05, 4.69) is 10.2 Å². The summed E-state index contributed by atoms with van der Waals surface area (Å²) in [6, 6.07) is 5.31. The average Bonchev–Trinajstić information content (AvgIpc) is 2.27. The third-order valence-corrected chi connectivity index (χ3v) is 3.04. The predicted molar refractivity (Wildman–Crippen MR) is 68.3 cm³/mol. The van der Waals surface area contributed by atoms with Crippen LogP contribution in [0, 0.1) is 0 Å². The highest BCUT2D eigenvalue weighted by molar-refractivity contribution is 7.89. The maximum Gasteiger partial charge on any atom is 0.238 e. The van der Waals surface area contributed by atoms with Gasteiger partial charge in [0.1, 0.15) is 5.76 Å². The van der Waals surface area contributed by atoms with Gasteiger partial charge in [-0.2, -0.15) is 5.11 Å². The largest absolute Gasteiger partial charge is 0.510 e. The summed E-state index contributed by atoms with van der Waals surface area (Å²) in [6.07, 6.45) is 0. The Balaban J connectivity index is 3.02.